The van der Waals surface area contributed by atoms with Crippen molar-refractivity contribution in [2.24, 2.45) is 0 Å². The van der Waals surface area contributed by atoms with Gasteiger partial charge in [-0.3, -0.25) is 0 Å². The van der Waals surface area contributed by atoms with Gasteiger partial charge in [0.15, 0.2) is 0 Å². The predicted molar refractivity (Wildman–Crippen MR) is 56.3 cm³/mol. The Morgan fingerprint density at radius 2 is 2.62 bits per heavy atom. The highest BCUT2D eigenvalue weighted by Crippen LogP contribution is 2.39. The van der Waals surface area contributed by atoms with Crippen LogP contribution in [0.2, 0.25) is 0 Å². The lowest BCUT2D eigenvalue weighted by atomic mass is 10.0. The molecule has 2 heterocycles. The van der Waals surface area contributed by atoms with Crippen molar-refractivity contribution in [1.82, 2.24) is 4.98 Å². The molecular weight excluding hydrogens is 202 g/mol. The number of thioether (sulfide) groups is 1. The van der Waals surface area contributed by atoms with E-state index < -0.39 is 0 Å². The van der Waals surface area contributed by atoms with Crippen LogP contribution in [0.15, 0.2) is 11.6 Å². The summed E-state index contributed by atoms with van der Waals surface area (Å²) in [5, 5.41) is 3.05. The smallest absolute Gasteiger partial charge is 0.136 e. The van der Waals surface area contributed by atoms with E-state index in [1.165, 1.54) is 0 Å². The quantitative estimate of drug-likeness (QED) is 0.721. The third-order valence-corrected chi connectivity index (χ3v) is 4.57. The normalized spacial score (nSPS) is 27.7. The van der Waals surface area contributed by atoms with E-state index in [1.54, 1.807) is 29.3 Å². The van der Waals surface area contributed by atoms with E-state index in [2.05, 4.69) is 4.98 Å². The highest BCUT2D eigenvalue weighted by atomic mass is 32.2. The molecule has 1 aliphatic rings. The lowest BCUT2D eigenvalue weighted by Gasteiger charge is -2.18. The van der Waals surface area contributed by atoms with Crippen LogP contribution in [0.25, 0.3) is 0 Å². The van der Waals surface area contributed by atoms with Gasteiger partial charge in [0, 0.05) is 18.0 Å². The van der Waals surface area contributed by atoms with Crippen molar-refractivity contribution in [1.29, 1.82) is 0 Å². The fraction of sp³-hybridized carbons (Fsp3) is 0.556. The Kier molecular flexibility index (Phi) is 2.69. The molecule has 1 saturated heterocycles. The number of thiazole rings is 1. The molecule has 70 valence electrons. The summed E-state index contributed by atoms with van der Waals surface area (Å²) < 4.78 is -0.155. The van der Waals surface area contributed by atoms with Crippen LogP contribution < -0.4 is 0 Å². The van der Waals surface area contributed by atoms with Gasteiger partial charge in [0.05, 0.1) is 9.75 Å². The third-order valence-electron chi connectivity index (χ3n) is 2.28. The van der Waals surface area contributed by atoms with Gasteiger partial charge in [-0.2, -0.15) is 0 Å². The molecule has 1 aliphatic heterocycles. The van der Waals surface area contributed by atoms with Gasteiger partial charge in [-0.25, -0.2) is 4.98 Å². The molecule has 1 aromatic heterocycles. The molecule has 4 heteroatoms. The highest BCUT2D eigenvalue weighted by molar-refractivity contribution is 8.01. The van der Waals surface area contributed by atoms with Crippen LogP contribution in [0.1, 0.15) is 17.8 Å². The molecule has 0 saturated carbocycles. The molecule has 2 nitrogen and oxygen atoms in total. The summed E-state index contributed by atoms with van der Waals surface area (Å²) in [6, 6.07) is 0. The Morgan fingerprint density at radius 3 is 3.15 bits per heavy atom. The number of carbonyl (C=O) groups is 1. The van der Waals surface area contributed by atoms with Gasteiger partial charge in [-0.15, -0.1) is 23.1 Å². The molecule has 0 bridgehead atoms. The Labute approximate surface area is 85.8 Å². The lowest BCUT2D eigenvalue weighted by Crippen LogP contribution is -2.25. The van der Waals surface area contributed by atoms with Gasteiger partial charge in [0.2, 0.25) is 0 Å². The lowest BCUT2D eigenvalue weighted by molar-refractivity contribution is -0.109. The average molecular weight is 213 g/mol. The van der Waals surface area contributed by atoms with Crippen molar-refractivity contribution in [3.63, 3.8) is 0 Å². The summed E-state index contributed by atoms with van der Waals surface area (Å²) in [7, 11) is 0. The zero-order chi connectivity index (χ0) is 9.15. The van der Waals surface area contributed by atoms with E-state index in [9.17, 15) is 4.79 Å². The number of aromatic nitrogens is 1. The van der Waals surface area contributed by atoms with Crippen LogP contribution in [0.3, 0.4) is 0 Å². The monoisotopic (exact) mass is 213 g/mol. The maximum atomic E-state index is 11.0. The maximum Gasteiger partial charge on any atom is 0.136 e. The van der Waals surface area contributed by atoms with Crippen molar-refractivity contribution >= 4 is 29.4 Å². The first-order valence-corrected chi connectivity index (χ1v) is 6.20. The SMILES string of the molecule is O=CC1(Cc2nccs2)CCCS1. The largest absolute Gasteiger partial charge is 0.302 e. The first kappa shape index (κ1) is 9.21. The van der Waals surface area contributed by atoms with Gasteiger partial charge in [-0.1, -0.05) is 0 Å². The van der Waals surface area contributed by atoms with Gasteiger partial charge in [0.1, 0.15) is 6.29 Å². The van der Waals surface area contributed by atoms with Gasteiger partial charge in [0.25, 0.3) is 0 Å². The Hall–Kier alpha value is -0.350. The van der Waals surface area contributed by atoms with Crippen LogP contribution >= 0.6 is 23.1 Å². The van der Waals surface area contributed by atoms with Crippen LogP contribution in [0.4, 0.5) is 0 Å². The van der Waals surface area contributed by atoms with E-state index in [4.69, 9.17) is 0 Å². The molecule has 0 spiro atoms. The van der Waals surface area contributed by atoms with E-state index in [0.717, 1.165) is 36.3 Å². The van der Waals surface area contributed by atoms with Crippen molar-refractivity contribution in [3.8, 4) is 0 Å². The average Bonchev–Trinajstić information content (AvgIpc) is 2.77. The van der Waals surface area contributed by atoms with Crippen LogP contribution in [-0.2, 0) is 11.2 Å². The second-order valence-electron chi connectivity index (χ2n) is 3.24. The van der Waals surface area contributed by atoms with E-state index >= 15 is 0 Å². The summed E-state index contributed by atoms with van der Waals surface area (Å²) in [4.78, 5) is 15.2. The minimum atomic E-state index is -0.155. The number of nitrogens with zero attached hydrogens (tertiary/aromatic N) is 1. The summed E-state index contributed by atoms with van der Waals surface area (Å²) in [5.41, 5.74) is 0. The van der Waals surface area contributed by atoms with Crippen molar-refractivity contribution < 1.29 is 4.79 Å². The number of carbonyl (C=O) groups excluding carboxylic acids is 1. The Bertz CT molecular complexity index is 278. The molecule has 0 aliphatic carbocycles. The first-order valence-electron chi connectivity index (χ1n) is 4.33. The number of hydrogen-bond acceptors (Lipinski definition) is 4. The topological polar surface area (TPSA) is 30.0 Å². The molecule has 0 amide bonds. The maximum absolute atomic E-state index is 11.0. The fourth-order valence-corrected chi connectivity index (χ4v) is 3.71. The zero-order valence-corrected chi connectivity index (χ0v) is 8.87. The Morgan fingerprint density at radius 1 is 1.69 bits per heavy atom. The van der Waals surface area contributed by atoms with E-state index in [1.807, 2.05) is 5.38 Å². The second kappa shape index (κ2) is 3.80. The summed E-state index contributed by atoms with van der Waals surface area (Å²) in [6.45, 7) is 0. The fourth-order valence-electron chi connectivity index (χ4n) is 1.59. The predicted octanol–water partition coefficient (Wildman–Crippen LogP) is 2.15. The Balaban J connectivity index is 2.10. The molecule has 1 atom stereocenters. The number of rotatable bonds is 3. The van der Waals surface area contributed by atoms with Crippen molar-refractivity contribution in [3.05, 3.63) is 16.6 Å². The molecule has 0 N–H and O–H groups in total. The van der Waals surface area contributed by atoms with Crippen LogP contribution in [0.5, 0.6) is 0 Å². The van der Waals surface area contributed by atoms with Gasteiger partial charge >= 0.3 is 0 Å². The molecular formula is C9H11NOS2. The third kappa shape index (κ3) is 1.94. The molecule has 1 aromatic rings. The van der Waals surface area contributed by atoms with Crippen molar-refractivity contribution in [2.45, 2.75) is 24.0 Å². The molecule has 1 fully saturated rings. The second-order valence-corrected chi connectivity index (χ2v) is 5.73. The summed E-state index contributed by atoms with van der Waals surface area (Å²) in [5.74, 6) is 1.12. The van der Waals surface area contributed by atoms with Gasteiger partial charge in [-0.05, 0) is 18.6 Å². The number of hydrogen-bond donors (Lipinski definition) is 0. The standard InChI is InChI=1S/C9H11NOS2/c11-7-9(2-1-4-13-9)6-8-10-3-5-12-8/h3,5,7H,1-2,4,6H2. The minimum Gasteiger partial charge on any atom is -0.302 e. The summed E-state index contributed by atoms with van der Waals surface area (Å²) >= 11 is 3.43. The molecule has 0 aromatic carbocycles. The number of aldehydes is 1. The van der Waals surface area contributed by atoms with Crippen molar-refractivity contribution in [2.75, 3.05) is 5.75 Å². The van der Waals surface area contributed by atoms with Crippen LogP contribution in [-0.4, -0.2) is 21.8 Å². The zero-order valence-electron chi connectivity index (χ0n) is 7.23. The molecule has 1 unspecified atom stereocenters. The van der Waals surface area contributed by atoms with Crippen LogP contribution in [0, 0.1) is 0 Å². The summed E-state index contributed by atoms with van der Waals surface area (Å²) in [6.07, 6.45) is 5.92. The first-order chi connectivity index (χ1) is 6.35. The molecule has 2 rings (SSSR count). The van der Waals surface area contributed by atoms with Gasteiger partial charge < -0.3 is 4.79 Å². The highest BCUT2D eigenvalue weighted by Gasteiger charge is 2.35. The van der Waals surface area contributed by atoms with E-state index in [0.29, 0.717) is 0 Å². The van der Waals surface area contributed by atoms with E-state index in [-0.39, 0.29) is 4.75 Å². The molecule has 0 radical (unpaired) electrons. The molecule has 13 heavy (non-hydrogen) atoms. The minimum absolute atomic E-state index is 0.155.